The molecule has 1 aromatic carbocycles. The Balaban J connectivity index is 2.35. The molecular formula is C13H13N3O5. The summed E-state index contributed by atoms with van der Waals surface area (Å²) < 4.78 is 0. The van der Waals surface area contributed by atoms with E-state index in [1.54, 1.807) is 6.07 Å². The Morgan fingerprint density at radius 3 is 2.57 bits per heavy atom. The minimum atomic E-state index is -0.997. The minimum Gasteiger partial charge on any atom is -0.508 e. The number of benzene rings is 1. The largest absolute Gasteiger partial charge is 0.508 e. The van der Waals surface area contributed by atoms with E-state index in [9.17, 15) is 24.6 Å². The summed E-state index contributed by atoms with van der Waals surface area (Å²) in [5.41, 5.74) is -1.54. The van der Waals surface area contributed by atoms with Gasteiger partial charge < -0.3 is 15.5 Å². The van der Waals surface area contributed by atoms with Crippen molar-refractivity contribution in [3.8, 4) is 11.6 Å². The number of phenolic OH excluding ortho intramolecular Hbond substituents is 1. The van der Waals surface area contributed by atoms with Crippen molar-refractivity contribution in [3.05, 3.63) is 50.2 Å². The lowest BCUT2D eigenvalue weighted by Crippen LogP contribution is -2.30. The van der Waals surface area contributed by atoms with E-state index < -0.39 is 28.6 Å². The van der Waals surface area contributed by atoms with E-state index in [1.165, 1.54) is 12.1 Å². The standard InChI is InChI=1S/C13H13N3O5/c1-2-6-5-7(3-4-8(6)17)14-10(18)9-11(19)15-13(21)16-12(9)20/h3-5,17H,2H2,1H3,(H,14,18)(H3,15,16,19,20,21). The Morgan fingerprint density at radius 2 is 1.95 bits per heavy atom. The van der Waals surface area contributed by atoms with Gasteiger partial charge in [0.15, 0.2) is 5.56 Å². The highest BCUT2D eigenvalue weighted by molar-refractivity contribution is 6.05. The zero-order valence-corrected chi connectivity index (χ0v) is 11.1. The molecule has 8 heteroatoms. The summed E-state index contributed by atoms with van der Waals surface area (Å²) in [5, 5.41) is 21.5. The van der Waals surface area contributed by atoms with Gasteiger partial charge in [-0.1, -0.05) is 6.92 Å². The summed E-state index contributed by atoms with van der Waals surface area (Å²) in [6.45, 7) is 1.83. The molecule has 0 saturated heterocycles. The van der Waals surface area contributed by atoms with E-state index in [0.29, 0.717) is 17.7 Å². The number of hydrogen-bond donors (Lipinski definition) is 5. The number of amides is 1. The van der Waals surface area contributed by atoms with Crippen LogP contribution in [0.25, 0.3) is 0 Å². The van der Waals surface area contributed by atoms with Gasteiger partial charge in [0, 0.05) is 5.69 Å². The number of phenols is 1. The van der Waals surface area contributed by atoms with Crippen LogP contribution in [-0.2, 0) is 6.42 Å². The molecule has 0 aliphatic carbocycles. The molecule has 0 saturated carbocycles. The van der Waals surface area contributed by atoms with Gasteiger partial charge in [0.05, 0.1) is 0 Å². The third-order valence-corrected chi connectivity index (χ3v) is 2.87. The van der Waals surface area contributed by atoms with Gasteiger partial charge in [0.2, 0.25) is 5.88 Å². The lowest BCUT2D eigenvalue weighted by atomic mass is 10.1. The highest BCUT2D eigenvalue weighted by Gasteiger charge is 2.17. The molecule has 1 amide bonds. The zero-order chi connectivity index (χ0) is 15.6. The fourth-order valence-corrected chi connectivity index (χ4v) is 1.83. The maximum absolute atomic E-state index is 12.0. The van der Waals surface area contributed by atoms with Crippen LogP contribution in [0.1, 0.15) is 22.8 Å². The average molecular weight is 291 g/mol. The Labute approximate surface area is 118 Å². The molecule has 0 unspecified atom stereocenters. The molecule has 0 fully saturated rings. The maximum Gasteiger partial charge on any atom is 0.328 e. The van der Waals surface area contributed by atoms with Crippen molar-refractivity contribution >= 4 is 11.6 Å². The molecule has 21 heavy (non-hydrogen) atoms. The normalized spacial score (nSPS) is 10.3. The molecule has 1 heterocycles. The molecule has 2 aromatic rings. The van der Waals surface area contributed by atoms with Crippen molar-refractivity contribution in [3.63, 3.8) is 0 Å². The van der Waals surface area contributed by atoms with E-state index in [-0.39, 0.29) is 5.75 Å². The number of rotatable bonds is 3. The van der Waals surface area contributed by atoms with Crippen LogP contribution in [-0.4, -0.2) is 26.1 Å². The third-order valence-electron chi connectivity index (χ3n) is 2.87. The first-order valence-corrected chi connectivity index (χ1v) is 6.11. The van der Waals surface area contributed by atoms with E-state index in [0.717, 1.165) is 0 Å². The van der Waals surface area contributed by atoms with E-state index in [2.05, 4.69) is 5.32 Å². The van der Waals surface area contributed by atoms with Crippen LogP contribution >= 0.6 is 0 Å². The molecule has 0 aliphatic heterocycles. The number of nitrogens with one attached hydrogen (secondary N) is 3. The Bertz CT molecular complexity index is 806. The summed E-state index contributed by atoms with van der Waals surface area (Å²) in [7, 11) is 0. The van der Waals surface area contributed by atoms with Crippen molar-refractivity contribution < 1.29 is 15.0 Å². The molecule has 0 bridgehead atoms. The Kier molecular flexibility index (Phi) is 3.79. The van der Waals surface area contributed by atoms with Crippen molar-refractivity contribution in [2.75, 3.05) is 5.32 Å². The first kappa shape index (κ1) is 14.4. The van der Waals surface area contributed by atoms with Gasteiger partial charge in [0.25, 0.3) is 11.5 Å². The second-order valence-electron chi connectivity index (χ2n) is 4.28. The molecule has 0 radical (unpaired) electrons. The van der Waals surface area contributed by atoms with Crippen molar-refractivity contribution in [1.29, 1.82) is 0 Å². The second kappa shape index (κ2) is 5.53. The summed E-state index contributed by atoms with van der Waals surface area (Å²) in [5.74, 6) is -1.59. The van der Waals surface area contributed by atoms with Crippen molar-refractivity contribution in [2.45, 2.75) is 13.3 Å². The summed E-state index contributed by atoms with van der Waals surface area (Å²) >= 11 is 0. The SMILES string of the molecule is CCc1cc(NC(=O)c2c(O)[nH]c(=O)[nH]c2=O)ccc1O. The van der Waals surface area contributed by atoms with Gasteiger partial charge >= 0.3 is 5.69 Å². The monoisotopic (exact) mass is 291 g/mol. The van der Waals surface area contributed by atoms with Gasteiger partial charge in [-0.2, -0.15) is 0 Å². The van der Waals surface area contributed by atoms with Crippen LogP contribution in [0.5, 0.6) is 11.6 Å². The molecule has 0 atom stereocenters. The number of aromatic nitrogens is 2. The van der Waals surface area contributed by atoms with E-state index in [4.69, 9.17) is 0 Å². The van der Waals surface area contributed by atoms with Gasteiger partial charge in [-0.25, -0.2) is 4.79 Å². The summed E-state index contributed by atoms with van der Waals surface area (Å²) in [4.78, 5) is 38.2. The van der Waals surface area contributed by atoms with Crippen LogP contribution in [0.3, 0.4) is 0 Å². The number of anilines is 1. The third kappa shape index (κ3) is 2.94. The number of aryl methyl sites for hydroxylation is 1. The lowest BCUT2D eigenvalue weighted by molar-refractivity contribution is 0.102. The average Bonchev–Trinajstić information content (AvgIpc) is 2.39. The molecule has 5 N–H and O–H groups in total. The molecular weight excluding hydrogens is 278 g/mol. The van der Waals surface area contributed by atoms with Gasteiger partial charge in [-0.3, -0.25) is 19.6 Å². The molecule has 1 aromatic heterocycles. The molecule has 2 rings (SSSR count). The summed E-state index contributed by atoms with van der Waals surface area (Å²) in [6.07, 6.45) is 0.556. The number of aromatic amines is 2. The highest BCUT2D eigenvalue weighted by atomic mass is 16.3. The quantitative estimate of drug-likeness (QED) is 0.518. The Morgan fingerprint density at radius 1 is 1.24 bits per heavy atom. The minimum absolute atomic E-state index is 0.0974. The summed E-state index contributed by atoms with van der Waals surface area (Å²) in [6, 6.07) is 4.40. The number of H-pyrrole nitrogens is 2. The molecule has 8 nitrogen and oxygen atoms in total. The van der Waals surface area contributed by atoms with E-state index >= 15 is 0 Å². The zero-order valence-electron chi connectivity index (χ0n) is 11.1. The fraction of sp³-hybridized carbons (Fsp3) is 0.154. The predicted octanol–water partition coefficient (Wildman–Crippen LogP) is 0.289. The number of carbonyl (C=O) groups excluding carboxylic acids is 1. The highest BCUT2D eigenvalue weighted by Crippen LogP contribution is 2.22. The van der Waals surface area contributed by atoms with Crippen LogP contribution in [0, 0.1) is 0 Å². The first-order chi connectivity index (χ1) is 9.92. The number of hydrogen-bond acceptors (Lipinski definition) is 5. The fourth-order valence-electron chi connectivity index (χ4n) is 1.83. The van der Waals surface area contributed by atoms with Crippen molar-refractivity contribution in [1.82, 2.24) is 9.97 Å². The van der Waals surface area contributed by atoms with Crippen LogP contribution in [0.4, 0.5) is 5.69 Å². The molecule has 0 aliphatic rings. The first-order valence-electron chi connectivity index (χ1n) is 6.11. The topological polar surface area (TPSA) is 135 Å². The van der Waals surface area contributed by atoms with Crippen LogP contribution in [0.2, 0.25) is 0 Å². The van der Waals surface area contributed by atoms with E-state index in [1.807, 2.05) is 16.9 Å². The van der Waals surface area contributed by atoms with Gasteiger partial charge in [-0.15, -0.1) is 0 Å². The lowest BCUT2D eigenvalue weighted by Gasteiger charge is -2.08. The number of carbonyl (C=O) groups is 1. The van der Waals surface area contributed by atoms with Crippen LogP contribution in [0.15, 0.2) is 27.8 Å². The molecule has 0 spiro atoms. The predicted molar refractivity (Wildman–Crippen MR) is 74.8 cm³/mol. The van der Waals surface area contributed by atoms with Crippen molar-refractivity contribution in [2.24, 2.45) is 0 Å². The second-order valence-corrected chi connectivity index (χ2v) is 4.28. The maximum atomic E-state index is 12.0. The molecule has 110 valence electrons. The van der Waals surface area contributed by atoms with Gasteiger partial charge in [-0.05, 0) is 30.2 Å². The number of aromatic hydroxyl groups is 2. The Hall–Kier alpha value is -3.03. The van der Waals surface area contributed by atoms with Gasteiger partial charge in [0.1, 0.15) is 5.75 Å². The van der Waals surface area contributed by atoms with Crippen LogP contribution < -0.4 is 16.6 Å². The smallest absolute Gasteiger partial charge is 0.328 e.